The number of hydrogen-bond acceptors (Lipinski definition) is 3. The van der Waals surface area contributed by atoms with E-state index in [0.29, 0.717) is 22.2 Å². The minimum absolute atomic E-state index is 0.0437. The van der Waals surface area contributed by atoms with Gasteiger partial charge < -0.3 is 10.4 Å². The van der Waals surface area contributed by atoms with Crippen molar-refractivity contribution >= 4 is 29.0 Å². The molecule has 0 unspecified atom stereocenters. The largest absolute Gasteiger partial charge is 0.395 e. The van der Waals surface area contributed by atoms with E-state index in [4.69, 9.17) is 28.3 Å². The van der Waals surface area contributed by atoms with Crippen LogP contribution in [0.2, 0.25) is 10.0 Å². The number of aliphatic hydroxyl groups is 1. The van der Waals surface area contributed by atoms with Crippen molar-refractivity contribution < 1.29 is 9.90 Å². The highest BCUT2D eigenvalue weighted by molar-refractivity contribution is 6.31. The van der Waals surface area contributed by atoms with Crippen LogP contribution in [0.1, 0.15) is 22.0 Å². The Morgan fingerprint density at radius 3 is 2.05 bits per heavy atom. The number of rotatable bonds is 6. The van der Waals surface area contributed by atoms with Gasteiger partial charge in [-0.25, -0.2) is 0 Å². The van der Waals surface area contributed by atoms with Crippen molar-refractivity contribution in [3.8, 4) is 0 Å². The Hall–Kier alpha value is -1.39. The van der Waals surface area contributed by atoms with E-state index in [1.807, 2.05) is 0 Å². The molecular formula is C16H15Cl2NO2. The van der Waals surface area contributed by atoms with Gasteiger partial charge in [-0.05, 0) is 42.0 Å². The first kappa shape index (κ1) is 16.0. The SMILES string of the molecule is O=C(c1ccc(Cl)cc1)[C@H](NCCO)c1ccc(Cl)cc1. The molecule has 0 heterocycles. The van der Waals surface area contributed by atoms with E-state index >= 15 is 0 Å². The number of aliphatic hydroxyl groups excluding tert-OH is 1. The van der Waals surface area contributed by atoms with Crippen LogP contribution in [-0.4, -0.2) is 24.0 Å². The van der Waals surface area contributed by atoms with Crippen molar-refractivity contribution in [3.05, 3.63) is 69.7 Å². The van der Waals surface area contributed by atoms with Gasteiger partial charge >= 0.3 is 0 Å². The molecule has 2 rings (SSSR count). The summed E-state index contributed by atoms with van der Waals surface area (Å²) in [6, 6.07) is 13.3. The third-order valence-electron chi connectivity index (χ3n) is 3.05. The molecule has 0 spiro atoms. The van der Waals surface area contributed by atoms with Crippen molar-refractivity contribution in [3.63, 3.8) is 0 Å². The molecule has 0 aliphatic rings. The van der Waals surface area contributed by atoms with Gasteiger partial charge in [0.15, 0.2) is 5.78 Å². The molecule has 0 aromatic heterocycles. The zero-order valence-corrected chi connectivity index (χ0v) is 12.7. The van der Waals surface area contributed by atoms with Gasteiger partial charge in [-0.3, -0.25) is 4.79 Å². The van der Waals surface area contributed by atoms with Crippen molar-refractivity contribution in [2.45, 2.75) is 6.04 Å². The van der Waals surface area contributed by atoms with E-state index in [1.165, 1.54) is 0 Å². The molecule has 21 heavy (non-hydrogen) atoms. The first-order valence-corrected chi connectivity index (χ1v) is 7.27. The molecule has 0 fully saturated rings. The molecule has 0 radical (unpaired) electrons. The second kappa shape index (κ2) is 7.57. The van der Waals surface area contributed by atoms with Crippen molar-refractivity contribution in [2.24, 2.45) is 0 Å². The predicted octanol–water partition coefficient (Wildman–Crippen LogP) is 3.50. The fraction of sp³-hybridized carbons (Fsp3) is 0.188. The third-order valence-corrected chi connectivity index (χ3v) is 3.56. The summed E-state index contributed by atoms with van der Waals surface area (Å²) in [5, 5.41) is 13.2. The van der Waals surface area contributed by atoms with Crippen molar-refractivity contribution in [1.82, 2.24) is 5.32 Å². The van der Waals surface area contributed by atoms with Gasteiger partial charge in [0.2, 0.25) is 0 Å². The minimum Gasteiger partial charge on any atom is -0.395 e. The quantitative estimate of drug-likeness (QED) is 0.800. The van der Waals surface area contributed by atoms with Gasteiger partial charge in [0.1, 0.15) is 0 Å². The maximum Gasteiger partial charge on any atom is 0.184 e. The molecule has 2 aromatic rings. The summed E-state index contributed by atoms with van der Waals surface area (Å²) in [7, 11) is 0. The number of benzene rings is 2. The topological polar surface area (TPSA) is 49.3 Å². The molecule has 110 valence electrons. The van der Waals surface area contributed by atoms with Crippen LogP contribution in [-0.2, 0) is 0 Å². The summed E-state index contributed by atoms with van der Waals surface area (Å²) in [5.41, 5.74) is 1.36. The highest BCUT2D eigenvalue weighted by atomic mass is 35.5. The fourth-order valence-electron chi connectivity index (χ4n) is 2.01. The molecule has 1 atom stereocenters. The lowest BCUT2D eigenvalue weighted by molar-refractivity contribution is 0.0940. The summed E-state index contributed by atoms with van der Waals surface area (Å²) in [6.45, 7) is 0.282. The molecule has 0 aliphatic carbocycles. The Balaban J connectivity index is 2.28. The predicted molar refractivity (Wildman–Crippen MR) is 85.1 cm³/mol. The molecule has 2 aromatic carbocycles. The number of carbonyl (C=O) groups excluding carboxylic acids is 1. The highest BCUT2D eigenvalue weighted by Crippen LogP contribution is 2.21. The van der Waals surface area contributed by atoms with Crippen LogP contribution in [0, 0.1) is 0 Å². The first-order valence-electron chi connectivity index (χ1n) is 6.51. The average molecular weight is 324 g/mol. The summed E-state index contributed by atoms with van der Waals surface area (Å²) in [6.07, 6.45) is 0. The van der Waals surface area contributed by atoms with E-state index in [1.54, 1.807) is 48.5 Å². The Morgan fingerprint density at radius 1 is 1.00 bits per heavy atom. The average Bonchev–Trinajstić information content (AvgIpc) is 2.50. The lowest BCUT2D eigenvalue weighted by atomic mass is 9.97. The van der Waals surface area contributed by atoms with Gasteiger partial charge in [-0.1, -0.05) is 35.3 Å². The third kappa shape index (κ3) is 4.29. The molecule has 0 amide bonds. The Kier molecular flexibility index (Phi) is 5.76. The van der Waals surface area contributed by atoms with Gasteiger partial charge in [-0.2, -0.15) is 0 Å². The van der Waals surface area contributed by atoms with Crippen molar-refractivity contribution in [1.29, 1.82) is 0 Å². The molecule has 0 bridgehead atoms. The normalized spacial score (nSPS) is 12.1. The Bertz CT molecular complexity index is 597. The van der Waals surface area contributed by atoms with Crippen LogP contribution in [0.4, 0.5) is 0 Å². The number of halogens is 2. The van der Waals surface area contributed by atoms with Crippen LogP contribution in [0.25, 0.3) is 0 Å². The maximum absolute atomic E-state index is 12.6. The van der Waals surface area contributed by atoms with E-state index < -0.39 is 6.04 Å². The lowest BCUT2D eigenvalue weighted by Gasteiger charge is -2.18. The Labute approximate surface area is 133 Å². The van der Waals surface area contributed by atoms with E-state index in [9.17, 15) is 4.79 Å². The lowest BCUT2D eigenvalue weighted by Crippen LogP contribution is -2.31. The maximum atomic E-state index is 12.6. The number of carbonyl (C=O) groups is 1. The zero-order chi connectivity index (χ0) is 15.2. The minimum atomic E-state index is -0.532. The van der Waals surface area contributed by atoms with E-state index in [0.717, 1.165) is 5.56 Å². The van der Waals surface area contributed by atoms with Crippen LogP contribution in [0.3, 0.4) is 0 Å². The summed E-state index contributed by atoms with van der Waals surface area (Å²) in [4.78, 5) is 12.6. The Morgan fingerprint density at radius 2 is 1.52 bits per heavy atom. The van der Waals surface area contributed by atoms with Crippen molar-refractivity contribution in [2.75, 3.05) is 13.2 Å². The molecule has 3 nitrogen and oxygen atoms in total. The number of ketones is 1. The van der Waals surface area contributed by atoms with Gasteiger partial charge in [-0.15, -0.1) is 0 Å². The standard InChI is InChI=1S/C16H15Cl2NO2/c17-13-5-1-11(2-6-13)15(19-9-10-20)16(21)12-3-7-14(18)8-4-12/h1-8,15,19-20H,9-10H2/t15-/m1/s1. The number of nitrogens with one attached hydrogen (secondary N) is 1. The monoisotopic (exact) mass is 323 g/mol. The van der Waals surface area contributed by atoms with E-state index in [2.05, 4.69) is 5.32 Å². The van der Waals surface area contributed by atoms with Gasteiger partial charge in [0.25, 0.3) is 0 Å². The molecular weight excluding hydrogens is 309 g/mol. The van der Waals surface area contributed by atoms with Crippen LogP contribution < -0.4 is 5.32 Å². The summed E-state index contributed by atoms with van der Waals surface area (Å²) >= 11 is 11.7. The summed E-state index contributed by atoms with van der Waals surface area (Å²) in [5.74, 6) is -0.0811. The zero-order valence-electron chi connectivity index (χ0n) is 11.2. The van der Waals surface area contributed by atoms with Gasteiger partial charge in [0, 0.05) is 22.2 Å². The fourth-order valence-corrected chi connectivity index (χ4v) is 2.26. The van der Waals surface area contributed by atoms with Gasteiger partial charge in [0.05, 0.1) is 12.6 Å². The number of Topliss-reactive ketones (excluding diaryl/α,β-unsaturated/α-hetero) is 1. The smallest absolute Gasteiger partial charge is 0.184 e. The molecule has 0 saturated heterocycles. The summed E-state index contributed by atoms with van der Waals surface area (Å²) < 4.78 is 0. The van der Waals surface area contributed by atoms with E-state index in [-0.39, 0.29) is 12.4 Å². The molecule has 5 heteroatoms. The van der Waals surface area contributed by atoms with Crippen LogP contribution in [0.15, 0.2) is 48.5 Å². The van der Waals surface area contributed by atoms with Crippen LogP contribution >= 0.6 is 23.2 Å². The number of hydrogen-bond donors (Lipinski definition) is 2. The second-order valence-electron chi connectivity index (χ2n) is 4.53. The first-order chi connectivity index (χ1) is 10.1. The molecule has 0 saturated carbocycles. The van der Waals surface area contributed by atoms with Crippen LogP contribution in [0.5, 0.6) is 0 Å². The molecule has 0 aliphatic heterocycles. The second-order valence-corrected chi connectivity index (χ2v) is 5.41. The highest BCUT2D eigenvalue weighted by Gasteiger charge is 2.21. The molecule has 2 N–H and O–H groups in total.